The molecule has 17 heavy (non-hydrogen) atoms. The molecule has 1 aromatic rings. The van der Waals surface area contributed by atoms with Crippen molar-refractivity contribution in [1.29, 1.82) is 0 Å². The molecule has 94 valence electrons. The van der Waals surface area contributed by atoms with Crippen molar-refractivity contribution in [3.05, 3.63) is 28.2 Å². The fourth-order valence-corrected chi connectivity index (χ4v) is 2.70. The van der Waals surface area contributed by atoms with E-state index in [1.807, 2.05) is 6.07 Å². The summed E-state index contributed by atoms with van der Waals surface area (Å²) in [6.07, 6.45) is 2.67. The predicted molar refractivity (Wildman–Crippen MR) is 74.3 cm³/mol. The lowest BCUT2D eigenvalue weighted by Gasteiger charge is -2.34. The fraction of sp³-hybridized carbons (Fsp3) is 0.538. The van der Waals surface area contributed by atoms with E-state index < -0.39 is 0 Å². The van der Waals surface area contributed by atoms with Gasteiger partial charge in [-0.2, -0.15) is 0 Å². The van der Waals surface area contributed by atoms with E-state index >= 15 is 0 Å². The molecule has 1 aliphatic rings. The summed E-state index contributed by atoms with van der Waals surface area (Å²) in [7, 11) is 1.79. The molecule has 4 heteroatoms. The molecular formula is C13H19BrN2O. The van der Waals surface area contributed by atoms with Gasteiger partial charge in [0.25, 0.3) is 0 Å². The number of anilines is 1. The van der Waals surface area contributed by atoms with Crippen molar-refractivity contribution < 1.29 is 4.74 Å². The average Bonchev–Trinajstić information content (AvgIpc) is 2.39. The summed E-state index contributed by atoms with van der Waals surface area (Å²) in [5, 5.41) is 0. The summed E-state index contributed by atoms with van der Waals surface area (Å²) >= 11 is 3.53. The second-order valence-corrected chi connectivity index (χ2v) is 5.34. The van der Waals surface area contributed by atoms with E-state index in [2.05, 4.69) is 33.0 Å². The fourth-order valence-electron chi connectivity index (χ4n) is 2.35. The zero-order chi connectivity index (χ0) is 12.3. The lowest BCUT2D eigenvalue weighted by atomic mass is 10.1. The second kappa shape index (κ2) is 5.85. The standard InChI is InChI=1S/C13H19BrN2O/c1-17-12-3-2-6-16(9-12)13-7-11(14)5-4-10(13)8-15/h4-5,7,12H,2-3,6,8-9,15H2,1H3. The molecule has 3 nitrogen and oxygen atoms in total. The number of piperidine rings is 1. The lowest BCUT2D eigenvalue weighted by molar-refractivity contribution is 0.0893. The van der Waals surface area contributed by atoms with E-state index in [0.717, 1.165) is 24.0 Å². The van der Waals surface area contributed by atoms with E-state index in [-0.39, 0.29) is 0 Å². The maximum Gasteiger partial charge on any atom is 0.0746 e. The molecule has 2 rings (SSSR count). The van der Waals surface area contributed by atoms with Crippen LogP contribution in [0.2, 0.25) is 0 Å². The summed E-state index contributed by atoms with van der Waals surface area (Å²) in [6, 6.07) is 6.29. The first-order chi connectivity index (χ1) is 8.24. The Kier molecular flexibility index (Phi) is 4.42. The van der Waals surface area contributed by atoms with Crippen LogP contribution in [0.4, 0.5) is 5.69 Å². The van der Waals surface area contributed by atoms with E-state index in [0.29, 0.717) is 12.6 Å². The van der Waals surface area contributed by atoms with Gasteiger partial charge in [-0.1, -0.05) is 22.0 Å². The van der Waals surface area contributed by atoms with Gasteiger partial charge >= 0.3 is 0 Å². The molecule has 0 bridgehead atoms. The van der Waals surface area contributed by atoms with E-state index in [4.69, 9.17) is 10.5 Å². The SMILES string of the molecule is COC1CCCN(c2cc(Br)ccc2CN)C1. The highest BCUT2D eigenvalue weighted by molar-refractivity contribution is 9.10. The number of halogens is 1. The number of ether oxygens (including phenoxy) is 1. The number of methoxy groups -OCH3 is 1. The molecule has 1 heterocycles. The molecule has 1 fully saturated rings. The van der Waals surface area contributed by atoms with Gasteiger partial charge in [0.2, 0.25) is 0 Å². The molecule has 0 saturated carbocycles. The van der Waals surface area contributed by atoms with Gasteiger partial charge in [-0.15, -0.1) is 0 Å². The van der Waals surface area contributed by atoms with Crippen LogP contribution in [0.3, 0.4) is 0 Å². The highest BCUT2D eigenvalue weighted by atomic mass is 79.9. The zero-order valence-corrected chi connectivity index (χ0v) is 11.7. The van der Waals surface area contributed by atoms with Gasteiger partial charge in [0.05, 0.1) is 6.10 Å². The minimum atomic E-state index is 0.341. The first-order valence-corrected chi connectivity index (χ1v) is 6.80. The number of rotatable bonds is 3. The summed E-state index contributed by atoms with van der Waals surface area (Å²) in [5.41, 5.74) is 8.24. The molecule has 1 aliphatic heterocycles. The molecule has 0 amide bonds. The minimum absolute atomic E-state index is 0.341. The topological polar surface area (TPSA) is 38.5 Å². The van der Waals surface area contributed by atoms with E-state index in [9.17, 15) is 0 Å². The number of hydrogen-bond acceptors (Lipinski definition) is 3. The quantitative estimate of drug-likeness (QED) is 0.932. The summed E-state index contributed by atoms with van der Waals surface area (Å²) in [5.74, 6) is 0. The van der Waals surface area contributed by atoms with Crippen LogP contribution in [0.15, 0.2) is 22.7 Å². The van der Waals surface area contributed by atoms with Crippen molar-refractivity contribution in [2.75, 3.05) is 25.1 Å². The van der Waals surface area contributed by atoms with Gasteiger partial charge in [-0.05, 0) is 30.5 Å². The van der Waals surface area contributed by atoms with Crippen molar-refractivity contribution in [2.45, 2.75) is 25.5 Å². The summed E-state index contributed by atoms with van der Waals surface area (Å²) < 4.78 is 6.56. The van der Waals surface area contributed by atoms with E-state index in [1.54, 1.807) is 7.11 Å². The summed E-state index contributed by atoms with van der Waals surface area (Å²) in [6.45, 7) is 2.63. The Morgan fingerprint density at radius 3 is 3.06 bits per heavy atom. The monoisotopic (exact) mass is 298 g/mol. The highest BCUT2D eigenvalue weighted by Gasteiger charge is 2.21. The van der Waals surface area contributed by atoms with Gasteiger partial charge in [0, 0.05) is 36.9 Å². The Morgan fingerprint density at radius 1 is 1.53 bits per heavy atom. The maximum atomic E-state index is 5.80. The molecule has 0 spiro atoms. The van der Waals surface area contributed by atoms with Gasteiger partial charge < -0.3 is 15.4 Å². The smallest absolute Gasteiger partial charge is 0.0746 e. The number of benzene rings is 1. The molecule has 1 unspecified atom stereocenters. The van der Waals surface area contributed by atoms with Crippen molar-refractivity contribution in [1.82, 2.24) is 0 Å². The summed E-state index contributed by atoms with van der Waals surface area (Å²) in [4.78, 5) is 2.38. The van der Waals surface area contributed by atoms with Crippen LogP contribution in [0, 0.1) is 0 Å². The number of hydrogen-bond donors (Lipinski definition) is 1. The molecule has 1 saturated heterocycles. The van der Waals surface area contributed by atoms with Crippen LogP contribution in [-0.2, 0) is 11.3 Å². The molecule has 0 aromatic heterocycles. The zero-order valence-electron chi connectivity index (χ0n) is 10.2. The van der Waals surface area contributed by atoms with Crippen LogP contribution in [0.5, 0.6) is 0 Å². The van der Waals surface area contributed by atoms with E-state index in [1.165, 1.54) is 17.7 Å². The molecular weight excluding hydrogens is 280 g/mol. The Bertz CT molecular complexity index is 384. The third-order valence-corrected chi connectivity index (χ3v) is 3.81. The highest BCUT2D eigenvalue weighted by Crippen LogP contribution is 2.28. The van der Waals surface area contributed by atoms with Crippen molar-refractivity contribution in [3.8, 4) is 0 Å². The number of nitrogens with two attached hydrogens (primary N) is 1. The third-order valence-electron chi connectivity index (χ3n) is 3.32. The second-order valence-electron chi connectivity index (χ2n) is 4.42. The first-order valence-electron chi connectivity index (χ1n) is 6.01. The van der Waals surface area contributed by atoms with Gasteiger partial charge in [-0.3, -0.25) is 0 Å². The largest absolute Gasteiger partial charge is 0.380 e. The van der Waals surface area contributed by atoms with Crippen LogP contribution in [0.25, 0.3) is 0 Å². The Hall–Kier alpha value is -0.580. The average molecular weight is 299 g/mol. The molecule has 1 aromatic carbocycles. The van der Waals surface area contributed by atoms with Gasteiger partial charge in [0.1, 0.15) is 0 Å². The predicted octanol–water partition coefficient (Wildman–Crippen LogP) is 2.52. The van der Waals surface area contributed by atoms with Gasteiger partial charge in [0.15, 0.2) is 0 Å². The maximum absolute atomic E-state index is 5.80. The minimum Gasteiger partial charge on any atom is -0.380 e. The normalized spacial score (nSPS) is 20.6. The van der Waals surface area contributed by atoms with Crippen LogP contribution >= 0.6 is 15.9 Å². The Labute approximate surface area is 111 Å². The van der Waals surface area contributed by atoms with Gasteiger partial charge in [-0.25, -0.2) is 0 Å². The van der Waals surface area contributed by atoms with Crippen molar-refractivity contribution >= 4 is 21.6 Å². The lowest BCUT2D eigenvalue weighted by Crippen LogP contribution is -2.39. The number of nitrogens with zero attached hydrogens (tertiary/aromatic N) is 1. The van der Waals surface area contributed by atoms with Crippen molar-refractivity contribution in [3.63, 3.8) is 0 Å². The van der Waals surface area contributed by atoms with Crippen LogP contribution in [0.1, 0.15) is 18.4 Å². The Balaban J connectivity index is 2.22. The molecule has 1 atom stereocenters. The van der Waals surface area contributed by atoms with Crippen LogP contribution in [-0.4, -0.2) is 26.3 Å². The molecule has 0 aliphatic carbocycles. The molecule has 2 N–H and O–H groups in total. The molecule has 0 radical (unpaired) electrons. The van der Waals surface area contributed by atoms with Crippen molar-refractivity contribution in [2.24, 2.45) is 5.73 Å². The van der Waals surface area contributed by atoms with Crippen LogP contribution < -0.4 is 10.6 Å². The first kappa shape index (κ1) is 12.9. The Morgan fingerprint density at radius 2 is 2.35 bits per heavy atom. The third kappa shape index (κ3) is 3.00.